The Morgan fingerprint density at radius 2 is 2.36 bits per heavy atom. The van der Waals surface area contributed by atoms with Gasteiger partial charge in [0.05, 0.1) is 6.04 Å². The lowest BCUT2D eigenvalue weighted by Gasteiger charge is -2.11. The van der Waals surface area contributed by atoms with Crippen LogP contribution in [0.2, 0.25) is 0 Å². The smallest absolute Gasteiger partial charge is 0.146 e. The largest absolute Gasteiger partial charge is 0.311 e. The zero-order valence-electron chi connectivity index (χ0n) is 8.66. The molecule has 3 heteroatoms. The molecule has 1 atom stereocenters. The van der Waals surface area contributed by atoms with Crippen LogP contribution in [-0.2, 0) is 11.2 Å². The van der Waals surface area contributed by atoms with Gasteiger partial charge in [-0.3, -0.25) is 9.78 Å². The van der Waals surface area contributed by atoms with E-state index in [4.69, 9.17) is 0 Å². The minimum atomic E-state index is -0.0444. The van der Waals surface area contributed by atoms with Gasteiger partial charge in [0, 0.05) is 11.9 Å². The normalized spacial score (nSPS) is 12.4. The molecule has 14 heavy (non-hydrogen) atoms. The zero-order chi connectivity index (χ0) is 10.4. The number of rotatable bonds is 5. The fourth-order valence-electron chi connectivity index (χ4n) is 1.39. The Labute approximate surface area is 84.6 Å². The molecule has 0 aliphatic rings. The lowest BCUT2D eigenvalue weighted by molar-refractivity contribution is -0.119. The summed E-state index contributed by atoms with van der Waals surface area (Å²) in [6.07, 6.45) is 3.42. The molecule has 1 heterocycles. The van der Waals surface area contributed by atoms with E-state index in [2.05, 4.69) is 10.3 Å². The summed E-state index contributed by atoms with van der Waals surface area (Å²) >= 11 is 0. The number of nitrogens with zero attached hydrogens (tertiary/aromatic N) is 1. The molecule has 1 aromatic rings. The van der Waals surface area contributed by atoms with Gasteiger partial charge in [0.2, 0.25) is 0 Å². The van der Waals surface area contributed by atoms with Crippen molar-refractivity contribution in [3.8, 4) is 0 Å². The van der Waals surface area contributed by atoms with Crippen LogP contribution in [0.25, 0.3) is 0 Å². The SMILES string of the molecule is CN[C@@H](CCc1ccccn1)C(C)=O. The van der Waals surface area contributed by atoms with Crippen LogP contribution in [0.4, 0.5) is 0 Å². The second-order valence-electron chi connectivity index (χ2n) is 3.31. The average Bonchev–Trinajstić information content (AvgIpc) is 2.20. The molecule has 76 valence electrons. The molecule has 0 aliphatic heterocycles. The highest BCUT2D eigenvalue weighted by atomic mass is 16.1. The maximum atomic E-state index is 11.1. The van der Waals surface area contributed by atoms with Crippen molar-refractivity contribution in [3.05, 3.63) is 30.1 Å². The molecule has 3 nitrogen and oxygen atoms in total. The molecule has 1 rings (SSSR count). The summed E-state index contributed by atoms with van der Waals surface area (Å²) in [4.78, 5) is 15.3. The van der Waals surface area contributed by atoms with Crippen molar-refractivity contribution in [1.82, 2.24) is 10.3 Å². The molecule has 0 spiro atoms. The molecule has 0 fully saturated rings. The third-order valence-electron chi connectivity index (χ3n) is 2.25. The lowest BCUT2D eigenvalue weighted by Crippen LogP contribution is -2.32. The fourth-order valence-corrected chi connectivity index (χ4v) is 1.39. The molecule has 1 N–H and O–H groups in total. The van der Waals surface area contributed by atoms with E-state index in [-0.39, 0.29) is 11.8 Å². The quantitative estimate of drug-likeness (QED) is 0.762. The molecule has 0 radical (unpaired) electrons. The fraction of sp³-hybridized carbons (Fsp3) is 0.455. The number of hydrogen-bond donors (Lipinski definition) is 1. The topological polar surface area (TPSA) is 42.0 Å². The Morgan fingerprint density at radius 1 is 1.57 bits per heavy atom. The molecular formula is C11H16N2O. The number of Topliss-reactive ketones (excluding diaryl/α,β-unsaturated/α-hetero) is 1. The van der Waals surface area contributed by atoms with Crippen LogP contribution in [0.1, 0.15) is 19.0 Å². The van der Waals surface area contributed by atoms with E-state index in [9.17, 15) is 4.79 Å². The first kappa shape index (κ1) is 10.9. The first-order chi connectivity index (χ1) is 6.74. The summed E-state index contributed by atoms with van der Waals surface area (Å²) in [6.45, 7) is 1.61. The highest BCUT2D eigenvalue weighted by Gasteiger charge is 2.10. The number of nitrogens with one attached hydrogen (secondary N) is 1. The predicted molar refractivity (Wildman–Crippen MR) is 56.1 cm³/mol. The number of hydrogen-bond acceptors (Lipinski definition) is 3. The van der Waals surface area contributed by atoms with Crippen molar-refractivity contribution in [2.24, 2.45) is 0 Å². The number of aromatic nitrogens is 1. The maximum Gasteiger partial charge on any atom is 0.146 e. The van der Waals surface area contributed by atoms with Crippen LogP contribution in [0.3, 0.4) is 0 Å². The minimum absolute atomic E-state index is 0.0444. The molecule has 1 aromatic heterocycles. The van der Waals surface area contributed by atoms with Crippen molar-refractivity contribution in [3.63, 3.8) is 0 Å². The summed E-state index contributed by atoms with van der Waals surface area (Å²) < 4.78 is 0. The van der Waals surface area contributed by atoms with Gasteiger partial charge < -0.3 is 5.32 Å². The van der Waals surface area contributed by atoms with E-state index in [1.807, 2.05) is 25.2 Å². The number of likely N-dealkylation sites (N-methyl/N-ethyl adjacent to an activating group) is 1. The summed E-state index contributed by atoms with van der Waals surface area (Å²) in [5.74, 6) is 0.184. The molecule has 0 unspecified atom stereocenters. The maximum absolute atomic E-state index is 11.1. The van der Waals surface area contributed by atoms with Gasteiger partial charge >= 0.3 is 0 Å². The third-order valence-corrected chi connectivity index (χ3v) is 2.25. The van der Waals surface area contributed by atoms with Gasteiger partial charge in [-0.05, 0) is 38.9 Å². The van der Waals surface area contributed by atoms with Gasteiger partial charge in [-0.2, -0.15) is 0 Å². The van der Waals surface area contributed by atoms with Crippen molar-refractivity contribution < 1.29 is 4.79 Å². The molecule has 0 amide bonds. The van der Waals surface area contributed by atoms with E-state index in [1.54, 1.807) is 13.1 Å². The second-order valence-corrected chi connectivity index (χ2v) is 3.31. The molecule has 0 aromatic carbocycles. The highest BCUT2D eigenvalue weighted by molar-refractivity contribution is 5.81. The lowest BCUT2D eigenvalue weighted by atomic mass is 10.1. The first-order valence-electron chi connectivity index (χ1n) is 4.81. The van der Waals surface area contributed by atoms with E-state index >= 15 is 0 Å². The van der Waals surface area contributed by atoms with E-state index < -0.39 is 0 Å². The van der Waals surface area contributed by atoms with Crippen molar-refractivity contribution in [2.75, 3.05) is 7.05 Å². The van der Waals surface area contributed by atoms with E-state index in [1.165, 1.54) is 0 Å². The number of aryl methyl sites for hydroxylation is 1. The van der Waals surface area contributed by atoms with Crippen LogP contribution in [-0.4, -0.2) is 23.9 Å². The van der Waals surface area contributed by atoms with E-state index in [0.717, 1.165) is 18.5 Å². The Hall–Kier alpha value is -1.22. The van der Waals surface area contributed by atoms with Gasteiger partial charge in [0.1, 0.15) is 5.78 Å². The number of carbonyl (C=O) groups is 1. The molecule has 0 saturated carbocycles. The Bertz CT molecular complexity index is 285. The van der Waals surface area contributed by atoms with Crippen molar-refractivity contribution in [1.29, 1.82) is 0 Å². The summed E-state index contributed by atoms with van der Waals surface area (Å²) in [5.41, 5.74) is 1.04. The highest BCUT2D eigenvalue weighted by Crippen LogP contribution is 2.02. The molecular weight excluding hydrogens is 176 g/mol. The molecule has 0 saturated heterocycles. The van der Waals surface area contributed by atoms with Crippen LogP contribution in [0, 0.1) is 0 Å². The summed E-state index contributed by atoms with van der Waals surface area (Å²) in [5, 5.41) is 2.99. The number of ketones is 1. The predicted octanol–water partition coefficient (Wildman–Crippen LogP) is 1.19. The van der Waals surface area contributed by atoms with Gasteiger partial charge in [-0.25, -0.2) is 0 Å². The van der Waals surface area contributed by atoms with Crippen molar-refractivity contribution in [2.45, 2.75) is 25.8 Å². The third kappa shape index (κ3) is 3.26. The molecule has 0 bridgehead atoms. The Morgan fingerprint density at radius 3 is 2.86 bits per heavy atom. The van der Waals surface area contributed by atoms with Crippen molar-refractivity contribution >= 4 is 5.78 Å². The number of carbonyl (C=O) groups excluding carboxylic acids is 1. The van der Waals surface area contributed by atoms with Gasteiger partial charge in [-0.15, -0.1) is 0 Å². The van der Waals surface area contributed by atoms with Crippen LogP contribution in [0.5, 0.6) is 0 Å². The monoisotopic (exact) mass is 192 g/mol. The average molecular weight is 192 g/mol. The summed E-state index contributed by atoms with van der Waals surface area (Å²) in [6, 6.07) is 5.79. The van der Waals surface area contributed by atoms with E-state index in [0.29, 0.717) is 0 Å². The first-order valence-corrected chi connectivity index (χ1v) is 4.81. The van der Waals surface area contributed by atoms with Gasteiger partial charge in [0.15, 0.2) is 0 Å². The van der Waals surface area contributed by atoms with Gasteiger partial charge in [0.25, 0.3) is 0 Å². The summed E-state index contributed by atoms with van der Waals surface area (Å²) in [7, 11) is 1.81. The van der Waals surface area contributed by atoms with Gasteiger partial charge in [-0.1, -0.05) is 6.07 Å². The molecule has 0 aliphatic carbocycles. The van der Waals surface area contributed by atoms with Crippen LogP contribution in [0.15, 0.2) is 24.4 Å². The second kappa shape index (κ2) is 5.50. The van der Waals surface area contributed by atoms with Crippen LogP contribution < -0.4 is 5.32 Å². The zero-order valence-corrected chi connectivity index (χ0v) is 8.66. The minimum Gasteiger partial charge on any atom is -0.311 e. The Kier molecular flexibility index (Phi) is 4.26. The van der Waals surface area contributed by atoms with Crippen LogP contribution >= 0.6 is 0 Å². The Balaban J connectivity index is 2.44. The number of pyridine rings is 1. The standard InChI is InChI=1S/C11H16N2O/c1-9(14)11(12-2)7-6-10-5-3-4-8-13-10/h3-5,8,11-12H,6-7H2,1-2H3/t11-/m0/s1.